The van der Waals surface area contributed by atoms with E-state index in [1.165, 1.54) is 16.0 Å². The molecule has 2 aromatic rings. The van der Waals surface area contributed by atoms with Gasteiger partial charge in [-0.3, -0.25) is 0 Å². The van der Waals surface area contributed by atoms with Gasteiger partial charge in [0.15, 0.2) is 0 Å². The first kappa shape index (κ1) is 8.27. The fraction of sp³-hybridized carbons (Fsp3) is 0. The topological polar surface area (TPSA) is 0 Å². The van der Waals surface area contributed by atoms with Gasteiger partial charge in [-0.15, -0.1) is 11.3 Å². The Balaban J connectivity index is 2.52. The molecule has 1 heteroatoms. The van der Waals surface area contributed by atoms with Gasteiger partial charge in [0.1, 0.15) is 0 Å². The highest BCUT2D eigenvalue weighted by Crippen LogP contribution is 2.29. The molecule has 0 N–H and O–H groups in total. The van der Waals surface area contributed by atoms with Crippen molar-refractivity contribution in [2.24, 2.45) is 0 Å². The van der Waals surface area contributed by atoms with E-state index in [0.717, 1.165) is 0 Å². The number of rotatable bonds is 2. The van der Waals surface area contributed by atoms with Gasteiger partial charge in [-0.1, -0.05) is 43.0 Å². The molecule has 0 fully saturated rings. The SMILES string of the molecule is C=Cc1ccsc1-c1ccccc1. The molecular formula is C12H10S. The summed E-state index contributed by atoms with van der Waals surface area (Å²) in [6, 6.07) is 12.5. The largest absolute Gasteiger partial charge is 0.143 e. The predicted octanol–water partition coefficient (Wildman–Crippen LogP) is 4.06. The molecule has 1 aromatic heterocycles. The molecule has 0 atom stereocenters. The summed E-state index contributed by atoms with van der Waals surface area (Å²) in [5.41, 5.74) is 2.49. The molecule has 0 saturated carbocycles. The molecule has 0 aliphatic rings. The molecule has 64 valence electrons. The van der Waals surface area contributed by atoms with Crippen LogP contribution in [0.25, 0.3) is 16.5 Å². The van der Waals surface area contributed by atoms with E-state index in [4.69, 9.17) is 0 Å². The Morgan fingerprint density at radius 1 is 1.08 bits per heavy atom. The zero-order valence-corrected chi connectivity index (χ0v) is 8.05. The van der Waals surface area contributed by atoms with Crippen molar-refractivity contribution in [3.63, 3.8) is 0 Å². The van der Waals surface area contributed by atoms with Crippen LogP contribution in [-0.2, 0) is 0 Å². The molecule has 0 aliphatic carbocycles. The zero-order valence-electron chi connectivity index (χ0n) is 7.23. The van der Waals surface area contributed by atoms with E-state index >= 15 is 0 Å². The van der Waals surface area contributed by atoms with Crippen molar-refractivity contribution < 1.29 is 0 Å². The molecule has 0 bridgehead atoms. The normalized spacial score (nSPS) is 9.85. The average molecular weight is 186 g/mol. The Labute approximate surface area is 82.2 Å². The van der Waals surface area contributed by atoms with E-state index in [1.54, 1.807) is 11.3 Å². The molecule has 0 aliphatic heterocycles. The first-order valence-electron chi connectivity index (χ1n) is 4.17. The fourth-order valence-corrected chi connectivity index (χ4v) is 2.21. The molecular weight excluding hydrogens is 176 g/mol. The third-order valence-corrected chi connectivity index (χ3v) is 2.93. The second kappa shape index (κ2) is 3.58. The highest BCUT2D eigenvalue weighted by atomic mass is 32.1. The molecule has 2 rings (SSSR count). The molecule has 1 heterocycles. The maximum Gasteiger partial charge on any atom is 0.0414 e. The van der Waals surface area contributed by atoms with Crippen LogP contribution in [0.15, 0.2) is 48.4 Å². The number of hydrogen-bond acceptors (Lipinski definition) is 1. The summed E-state index contributed by atoms with van der Waals surface area (Å²) in [5.74, 6) is 0. The maximum absolute atomic E-state index is 3.80. The molecule has 0 amide bonds. The van der Waals surface area contributed by atoms with Gasteiger partial charge >= 0.3 is 0 Å². The lowest BCUT2D eigenvalue weighted by atomic mass is 10.1. The van der Waals surface area contributed by atoms with Crippen LogP contribution >= 0.6 is 11.3 Å². The minimum Gasteiger partial charge on any atom is -0.143 e. The van der Waals surface area contributed by atoms with E-state index in [-0.39, 0.29) is 0 Å². The average Bonchev–Trinajstić information content (AvgIpc) is 2.67. The number of hydrogen-bond donors (Lipinski definition) is 0. The molecule has 1 aromatic carbocycles. The predicted molar refractivity (Wildman–Crippen MR) is 59.8 cm³/mol. The van der Waals surface area contributed by atoms with E-state index in [0.29, 0.717) is 0 Å². The highest BCUT2D eigenvalue weighted by molar-refractivity contribution is 7.13. The fourth-order valence-electron chi connectivity index (χ4n) is 1.30. The Bertz CT molecular complexity index is 398. The highest BCUT2D eigenvalue weighted by Gasteiger charge is 2.02. The summed E-state index contributed by atoms with van der Waals surface area (Å²) in [6.07, 6.45) is 1.90. The van der Waals surface area contributed by atoms with Crippen LogP contribution in [0.3, 0.4) is 0 Å². The summed E-state index contributed by atoms with van der Waals surface area (Å²) in [4.78, 5) is 1.30. The molecule has 0 radical (unpaired) electrons. The van der Waals surface area contributed by atoms with Crippen LogP contribution in [0, 0.1) is 0 Å². The van der Waals surface area contributed by atoms with Crippen LogP contribution in [0.2, 0.25) is 0 Å². The van der Waals surface area contributed by atoms with E-state index in [2.05, 4.69) is 42.3 Å². The zero-order chi connectivity index (χ0) is 9.10. The Hall–Kier alpha value is -1.34. The lowest BCUT2D eigenvalue weighted by Gasteiger charge is -1.98. The van der Waals surface area contributed by atoms with Gasteiger partial charge in [0, 0.05) is 4.88 Å². The van der Waals surface area contributed by atoms with Crippen LogP contribution in [0.1, 0.15) is 5.56 Å². The molecule has 13 heavy (non-hydrogen) atoms. The number of benzene rings is 1. The Morgan fingerprint density at radius 3 is 2.54 bits per heavy atom. The second-order valence-electron chi connectivity index (χ2n) is 2.78. The minimum atomic E-state index is 1.22. The van der Waals surface area contributed by atoms with Crippen molar-refractivity contribution in [3.8, 4) is 10.4 Å². The third kappa shape index (κ3) is 1.56. The van der Waals surface area contributed by atoms with Crippen molar-refractivity contribution in [2.45, 2.75) is 0 Å². The molecule has 0 unspecified atom stereocenters. The lowest BCUT2D eigenvalue weighted by Crippen LogP contribution is -1.73. The van der Waals surface area contributed by atoms with E-state index in [1.807, 2.05) is 12.1 Å². The molecule has 0 nitrogen and oxygen atoms in total. The minimum absolute atomic E-state index is 1.22. The summed E-state index contributed by atoms with van der Waals surface area (Å²) in [7, 11) is 0. The van der Waals surface area contributed by atoms with Crippen LogP contribution < -0.4 is 0 Å². The van der Waals surface area contributed by atoms with Gasteiger partial charge in [-0.05, 0) is 22.6 Å². The summed E-state index contributed by atoms with van der Waals surface area (Å²) in [6.45, 7) is 3.80. The summed E-state index contributed by atoms with van der Waals surface area (Å²) in [5, 5.41) is 2.10. The van der Waals surface area contributed by atoms with Gasteiger partial charge in [0.25, 0.3) is 0 Å². The third-order valence-electron chi connectivity index (χ3n) is 1.95. The monoisotopic (exact) mass is 186 g/mol. The first-order valence-corrected chi connectivity index (χ1v) is 5.05. The molecule has 0 spiro atoms. The van der Waals surface area contributed by atoms with Gasteiger partial charge < -0.3 is 0 Å². The van der Waals surface area contributed by atoms with Gasteiger partial charge in [0.2, 0.25) is 0 Å². The van der Waals surface area contributed by atoms with Crippen LogP contribution in [0.5, 0.6) is 0 Å². The van der Waals surface area contributed by atoms with Crippen LogP contribution in [0.4, 0.5) is 0 Å². The van der Waals surface area contributed by atoms with Gasteiger partial charge in [-0.2, -0.15) is 0 Å². The van der Waals surface area contributed by atoms with Gasteiger partial charge in [0.05, 0.1) is 0 Å². The summed E-state index contributed by atoms with van der Waals surface area (Å²) >= 11 is 1.76. The van der Waals surface area contributed by atoms with Crippen molar-refractivity contribution in [2.75, 3.05) is 0 Å². The smallest absolute Gasteiger partial charge is 0.0414 e. The quantitative estimate of drug-likeness (QED) is 0.663. The summed E-state index contributed by atoms with van der Waals surface area (Å²) < 4.78 is 0. The van der Waals surface area contributed by atoms with Crippen molar-refractivity contribution >= 4 is 17.4 Å². The number of thiophene rings is 1. The van der Waals surface area contributed by atoms with Crippen molar-refractivity contribution in [3.05, 3.63) is 53.9 Å². The second-order valence-corrected chi connectivity index (χ2v) is 3.69. The van der Waals surface area contributed by atoms with Gasteiger partial charge in [-0.25, -0.2) is 0 Å². The van der Waals surface area contributed by atoms with Crippen molar-refractivity contribution in [1.29, 1.82) is 0 Å². The Kier molecular flexibility index (Phi) is 2.28. The van der Waals surface area contributed by atoms with E-state index in [9.17, 15) is 0 Å². The molecule has 0 saturated heterocycles. The standard InChI is InChI=1S/C12H10S/c1-2-10-8-9-13-12(10)11-6-4-3-5-7-11/h2-9H,1H2. The van der Waals surface area contributed by atoms with Crippen molar-refractivity contribution in [1.82, 2.24) is 0 Å². The first-order chi connectivity index (χ1) is 6.42. The maximum atomic E-state index is 3.80. The van der Waals surface area contributed by atoms with Crippen LogP contribution in [-0.4, -0.2) is 0 Å². The Morgan fingerprint density at radius 2 is 1.85 bits per heavy atom. The van der Waals surface area contributed by atoms with E-state index < -0.39 is 0 Å². The lowest BCUT2D eigenvalue weighted by molar-refractivity contribution is 1.69.